The third-order valence-corrected chi connectivity index (χ3v) is 4.49. The number of aryl methyl sites for hydroxylation is 1. The van der Waals surface area contributed by atoms with Crippen LogP contribution in [0.4, 0.5) is 0 Å². The molecule has 0 amide bonds. The fourth-order valence-electron chi connectivity index (χ4n) is 3.22. The third-order valence-electron chi connectivity index (χ3n) is 4.25. The predicted octanol–water partition coefficient (Wildman–Crippen LogP) is 6.53. The molecule has 24 heavy (non-hydrogen) atoms. The van der Waals surface area contributed by atoms with Crippen molar-refractivity contribution >= 4 is 22.5 Å². The van der Waals surface area contributed by atoms with Crippen LogP contribution < -0.4 is 0 Å². The van der Waals surface area contributed by atoms with Crippen LogP contribution in [0.5, 0.6) is 0 Å². The molecule has 3 aromatic carbocycles. The van der Waals surface area contributed by atoms with Gasteiger partial charge >= 0.3 is 0 Å². The van der Waals surface area contributed by atoms with Gasteiger partial charge < -0.3 is 0 Å². The molecule has 116 valence electrons. The van der Waals surface area contributed by atoms with Gasteiger partial charge in [-0.05, 0) is 30.2 Å². The molecule has 0 saturated heterocycles. The molecule has 0 bridgehead atoms. The highest BCUT2D eigenvalue weighted by molar-refractivity contribution is 6.31. The fraction of sp³-hybridized carbons (Fsp3) is 0.0455. The Morgan fingerprint density at radius 3 is 1.92 bits per heavy atom. The predicted molar refractivity (Wildman–Crippen MR) is 102 cm³/mol. The standard InChI is InChI=1S/C22H16ClN/c1-15-21(16-8-4-2-5-9-16)22(17-10-6-3-7-11-17)19-13-12-18(23)14-20(19)24-15/h2-14H,1H3. The fourth-order valence-corrected chi connectivity index (χ4v) is 3.39. The van der Waals surface area contributed by atoms with E-state index >= 15 is 0 Å². The molecule has 0 aliphatic rings. The topological polar surface area (TPSA) is 12.9 Å². The van der Waals surface area contributed by atoms with Gasteiger partial charge in [-0.1, -0.05) is 78.3 Å². The van der Waals surface area contributed by atoms with Gasteiger partial charge in [0.15, 0.2) is 0 Å². The Kier molecular flexibility index (Phi) is 3.79. The number of aromatic nitrogens is 1. The Balaban J connectivity index is 2.15. The first-order valence-corrected chi connectivity index (χ1v) is 8.32. The van der Waals surface area contributed by atoms with Crippen LogP contribution in [0.3, 0.4) is 0 Å². The Bertz CT molecular complexity index is 1010. The van der Waals surface area contributed by atoms with Crippen LogP contribution in [0.1, 0.15) is 5.69 Å². The normalized spacial score (nSPS) is 10.9. The van der Waals surface area contributed by atoms with E-state index in [-0.39, 0.29) is 0 Å². The lowest BCUT2D eigenvalue weighted by Crippen LogP contribution is -1.95. The summed E-state index contributed by atoms with van der Waals surface area (Å²) in [7, 11) is 0. The molecule has 1 heterocycles. The quantitative estimate of drug-likeness (QED) is 0.407. The number of benzene rings is 3. The number of hydrogen-bond acceptors (Lipinski definition) is 1. The summed E-state index contributed by atoms with van der Waals surface area (Å²) in [6.07, 6.45) is 0. The van der Waals surface area contributed by atoms with Crippen molar-refractivity contribution in [1.82, 2.24) is 4.98 Å². The number of halogens is 1. The van der Waals surface area contributed by atoms with Gasteiger partial charge in [-0.2, -0.15) is 0 Å². The highest BCUT2D eigenvalue weighted by atomic mass is 35.5. The van der Waals surface area contributed by atoms with Gasteiger partial charge in [0.25, 0.3) is 0 Å². The average molecular weight is 330 g/mol. The highest BCUT2D eigenvalue weighted by Gasteiger charge is 2.16. The van der Waals surface area contributed by atoms with Gasteiger partial charge in [0.05, 0.1) is 5.52 Å². The summed E-state index contributed by atoms with van der Waals surface area (Å²) in [5, 5.41) is 1.83. The molecule has 0 unspecified atom stereocenters. The van der Waals surface area contributed by atoms with Crippen LogP contribution in [0.15, 0.2) is 78.9 Å². The molecule has 1 nitrogen and oxygen atoms in total. The lowest BCUT2D eigenvalue weighted by atomic mass is 9.90. The van der Waals surface area contributed by atoms with Crippen molar-refractivity contribution in [2.75, 3.05) is 0 Å². The molecule has 1 aromatic heterocycles. The lowest BCUT2D eigenvalue weighted by Gasteiger charge is -2.16. The molecule has 0 saturated carbocycles. The minimum Gasteiger partial charge on any atom is -0.252 e. The third kappa shape index (κ3) is 2.57. The van der Waals surface area contributed by atoms with Crippen molar-refractivity contribution in [2.24, 2.45) is 0 Å². The van der Waals surface area contributed by atoms with Crippen LogP contribution >= 0.6 is 11.6 Å². The molecule has 0 atom stereocenters. The first-order valence-electron chi connectivity index (χ1n) is 7.95. The monoisotopic (exact) mass is 329 g/mol. The van der Waals surface area contributed by atoms with Gasteiger partial charge in [-0.15, -0.1) is 0 Å². The summed E-state index contributed by atoms with van der Waals surface area (Å²) in [5.41, 5.74) is 6.69. The van der Waals surface area contributed by atoms with Crippen LogP contribution in [0.25, 0.3) is 33.2 Å². The lowest BCUT2D eigenvalue weighted by molar-refractivity contribution is 1.26. The minimum absolute atomic E-state index is 0.709. The van der Waals surface area contributed by atoms with Gasteiger partial charge in [0.1, 0.15) is 0 Å². The van der Waals surface area contributed by atoms with E-state index in [1.165, 1.54) is 22.3 Å². The first kappa shape index (κ1) is 14.9. The van der Waals surface area contributed by atoms with Crippen LogP contribution in [-0.2, 0) is 0 Å². The maximum Gasteiger partial charge on any atom is 0.0726 e. The smallest absolute Gasteiger partial charge is 0.0726 e. The van der Waals surface area contributed by atoms with Crippen molar-refractivity contribution in [3.63, 3.8) is 0 Å². The van der Waals surface area contributed by atoms with Gasteiger partial charge in [0, 0.05) is 27.2 Å². The van der Waals surface area contributed by atoms with Crippen LogP contribution in [-0.4, -0.2) is 4.98 Å². The molecule has 0 spiro atoms. The Hall–Kier alpha value is -2.64. The summed E-state index contributed by atoms with van der Waals surface area (Å²) in [5.74, 6) is 0. The van der Waals surface area contributed by atoms with Gasteiger partial charge in [-0.3, -0.25) is 4.98 Å². The van der Waals surface area contributed by atoms with Crippen molar-refractivity contribution in [1.29, 1.82) is 0 Å². The zero-order valence-corrected chi connectivity index (χ0v) is 14.1. The molecule has 0 fully saturated rings. The molecular formula is C22H16ClN. The largest absolute Gasteiger partial charge is 0.252 e. The SMILES string of the molecule is Cc1nc2cc(Cl)ccc2c(-c2ccccc2)c1-c1ccccc1. The minimum atomic E-state index is 0.709. The van der Waals surface area contributed by atoms with E-state index in [0.29, 0.717) is 5.02 Å². The van der Waals surface area contributed by atoms with E-state index in [2.05, 4.69) is 61.5 Å². The second kappa shape index (κ2) is 6.10. The molecule has 0 radical (unpaired) electrons. The van der Waals surface area contributed by atoms with Crippen molar-refractivity contribution < 1.29 is 0 Å². The Labute approximate surface area is 146 Å². The average Bonchev–Trinajstić information content (AvgIpc) is 2.62. The second-order valence-corrected chi connectivity index (χ2v) is 6.28. The number of rotatable bonds is 2. The zero-order chi connectivity index (χ0) is 16.5. The van der Waals surface area contributed by atoms with E-state index in [9.17, 15) is 0 Å². The summed E-state index contributed by atoms with van der Waals surface area (Å²) in [4.78, 5) is 4.81. The molecule has 2 heteroatoms. The maximum absolute atomic E-state index is 6.19. The van der Waals surface area contributed by atoms with E-state index in [4.69, 9.17) is 16.6 Å². The molecular weight excluding hydrogens is 314 g/mol. The zero-order valence-electron chi connectivity index (χ0n) is 13.3. The second-order valence-electron chi connectivity index (χ2n) is 5.84. The molecule has 0 N–H and O–H groups in total. The summed E-state index contributed by atoms with van der Waals surface area (Å²) in [6, 6.07) is 26.9. The Morgan fingerprint density at radius 2 is 1.29 bits per heavy atom. The Morgan fingerprint density at radius 1 is 0.708 bits per heavy atom. The summed E-state index contributed by atoms with van der Waals surface area (Å²) >= 11 is 6.19. The number of hydrogen-bond donors (Lipinski definition) is 0. The summed E-state index contributed by atoms with van der Waals surface area (Å²) < 4.78 is 0. The molecule has 0 aliphatic heterocycles. The van der Waals surface area contributed by atoms with Crippen molar-refractivity contribution in [3.8, 4) is 22.3 Å². The van der Waals surface area contributed by atoms with E-state index in [1.807, 2.05) is 24.3 Å². The number of pyridine rings is 1. The van der Waals surface area contributed by atoms with Gasteiger partial charge in [0.2, 0.25) is 0 Å². The number of nitrogens with zero attached hydrogens (tertiary/aromatic N) is 1. The number of fused-ring (bicyclic) bond motifs is 1. The van der Waals surface area contributed by atoms with E-state index in [0.717, 1.165) is 16.6 Å². The van der Waals surface area contributed by atoms with E-state index in [1.54, 1.807) is 0 Å². The molecule has 4 aromatic rings. The molecule has 4 rings (SSSR count). The van der Waals surface area contributed by atoms with Crippen molar-refractivity contribution in [3.05, 3.63) is 89.6 Å². The molecule has 0 aliphatic carbocycles. The summed E-state index contributed by atoms with van der Waals surface area (Å²) in [6.45, 7) is 2.06. The van der Waals surface area contributed by atoms with Crippen LogP contribution in [0, 0.1) is 6.92 Å². The van der Waals surface area contributed by atoms with Crippen molar-refractivity contribution in [2.45, 2.75) is 6.92 Å². The van der Waals surface area contributed by atoms with Gasteiger partial charge in [-0.25, -0.2) is 0 Å². The first-order chi connectivity index (χ1) is 11.7. The van der Waals surface area contributed by atoms with E-state index < -0.39 is 0 Å². The van der Waals surface area contributed by atoms with Crippen LogP contribution in [0.2, 0.25) is 5.02 Å². The highest BCUT2D eigenvalue weighted by Crippen LogP contribution is 2.39. The maximum atomic E-state index is 6.19.